The second-order valence-corrected chi connectivity index (χ2v) is 9.41. The SMILES string of the molecule is C=CCNS(=O)(=O)Cc1ccc(NC(=O)c2ccccc2-c2ncc(-c3ccccc3F)o2)cc1. The van der Waals surface area contributed by atoms with E-state index in [1.807, 2.05) is 0 Å². The van der Waals surface area contributed by atoms with Gasteiger partial charge in [0.05, 0.1) is 23.1 Å². The summed E-state index contributed by atoms with van der Waals surface area (Å²) in [7, 11) is -3.48. The Bertz CT molecular complexity index is 1460. The van der Waals surface area contributed by atoms with Crippen LogP contribution in [0.5, 0.6) is 0 Å². The number of rotatable bonds is 9. The van der Waals surface area contributed by atoms with Crippen molar-refractivity contribution in [2.24, 2.45) is 0 Å². The minimum atomic E-state index is -3.48. The van der Waals surface area contributed by atoms with Gasteiger partial charge in [-0.25, -0.2) is 22.5 Å². The lowest BCUT2D eigenvalue weighted by Crippen LogP contribution is -2.25. The van der Waals surface area contributed by atoms with E-state index in [1.54, 1.807) is 66.7 Å². The summed E-state index contributed by atoms with van der Waals surface area (Å²) < 4.78 is 46.3. The van der Waals surface area contributed by atoms with E-state index in [0.717, 1.165) is 0 Å². The van der Waals surface area contributed by atoms with Gasteiger partial charge in [-0.15, -0.1) is 6.58 Å². The van der Waals surface area contributed by atoms with E-state index < -0.39 is 21.7 Å². The van der Waals surface area contributed by atoms with Crippen molar-refractivity contribution in [2.75, 3.05) is 11.9 Å². The van der Waals surface area contributed by atoms with E-state index in [9.17, 15) is 17.6 Å². The Morgan fingerprint density at radius 1 is 1.00 bits per heavy atom. The summed E-state index contributed by atoms with van der Waals surface area (Å²) in [6, 6.07) is 19.5. The van der Waals surface area contributed by atoms with Gasteiger partial charge in [0.2, 0.25) is 15.9 Å². The fourth-order valence-corrected chi connectivity index (χ4v) is 4.50. The number of nitrogens with one attached hydrogen (secondary N) is 2. The Morgan fingerprint density at radius 2 is 1.69 bits per heavy atom. The first-order valence-corrected chi connectivity index (χ1v) is 12.3. The molecule has 0 unspecified atom stereocenters. The van der Waals surface area contributed by atoms with E-state index in [2.05, 4.69) is 21.6 Å². The summed E-state index contributed by atoms with van der Waals surface area (Å²) in [4.78, 5) is 17.3. The van der Waals surface area contributed by atoms with Crippen molar-refractivity contribution in [3.8, 4) is 22.8 Å². The molecule has 0 aliphatic heterocycles. The van der Waals surface area contributed by atoms with Crippen molar-refractivity contribution in [2.45, 2.75) is 5.75 Å². The van der Waals surface area contributed by atoms with Gasteiger partial charge >= 0.3 is 0 Å². The lowest BCUT2D eigenvalue weighted by Gasteiger charge is -2.09. The molecule has 0 fully saturated rings. The second-order valence-electron chi connectivity index (χ2n) is 7.60. The lowest BCUT2D eigenvalue weighted by atomic mass is 10.1. The van der Waals surface area contributed by atoms with E-state index in [1.165, 1.54) is 18.3 Å². The van der Waals surface area contributed by atoms with Gasteiger partial charge in [-0.1, -0.05) is 42.5 Å². The zero-order valence-corrected chi connectivity index (χ0v) is 19.4. The third kappa shape index (κ3) is 5.89. The number of halogens is 1. The standard InChI is InChI=1S/C26H22FN3O4S/c1-2-15-29-35(32,33)17-18-11-13-19(14-12-18)30-25(31)20-7-3-4-8-21(20)26-28-16-24(34-26)22-9-5-6-10-23(22)27/h2-14,16,29H,1,15,17H2,(H,30,31). The van der Waals surface area contributed by atoms with Gasteiger partial charge in [-0.2, -0.15) is 0 Å². The fraction of sp³-hybridized carbons (Fsp3) is 0.0769. The minimum absolute atomic E-state index is 0.155. The molecule has 0 bridgehead atoms. The van der Waals surface area contributed by atoms with Gasteiger partial charge in [-0.3, -0.25) is 4.79 Å². The summed E-state index contributed by atoms with van der Waals surface area (Å²) in [6.07, 6.45) is 2.88. The number of sulfonamides is 1. The quantitative estimate of drug-likeness (QED) is 0.321. The molecular formula is C26H22FN3O4S. The zero-order valence-electron chi connectivity index (χ0n) is 18.6. The molecule has 35 heavy (non-hydrogen) atoms. The fourth-order valence-electron chi connectivity index (χ4n) is 3.39. The molecule has 3 aromatic carbocycles. The van der Waals surface area contributed by atoms with Crippen molar-refractivity contribution in [3.63, 3.8) is 0 Å². The maximum Gasteiger partial charge on any atom is 0.256 e. The van der Waals surface area contributed by atoms with Gasteiger partial charge in [0.1, 0.15) is 5.82 Å². The predicted molar refractivity (Wildman–Crippen MR) is 133 cm³/mol. The maximum absolute atomic E-state index is 14.1. The Kier molecular flexibility index (Phi) is 7.19. The molecule has 9 heteroatoms. The van der Waals surface area contributed by atoms with Gasteiger partial charge in [-0.05, 0) is 42.0 Å². The molecule has 7 nitrogen and oxygen atoms in total. The molecule has 0 spiro atoms. The molecule has 2 N–H and O–H groups in total. The molecule has 4 rings (SSSR count). The van der Waals surface area contributed by atoms with Crippen LogP contribution in [0, 0.1) is 5.82 Å². The normalized spacial score (nSPS) is 11.2. The minimum Gasteiger partial charge on any atom is -0.436 e. The number of aromatic nitrogens is 1. The number of anilines is 1. The van der Waals surface area contributed by atoms with E-state index in [4.69, 9.17) is 4.42 Å². The highest BCUT2D eigenvalue weighted by Gasteiger charge is 2.18. The van der Waals surface area contributed by atoms with E-state index >= 15 is 0 Å². The van der Waals surface area contributed by atoms with Crippen LogP contribution in [0.4, 0.5) is 10.1 Å². The van der Waals surface area contributed by atoms with Crippen molar-refractivity contribution >= 4 is 21.6 Å². The molecule has 0 saturated heterocycles. The van der Waals surface area contributed by atoms with Gasteiger partial charge in [0.25, 0.3) is 5.91 Å². The highest BCUT2D eigenvalue weighted by Crippen LogP contribution is 2.30. The maximum atomic E-state index is 14.1. The molecule has 0 saturated carbocycles. The highest BCUT2D eigenvalue weighted by atomic mass is 32.2. The van der Waals surface area contributed by atoms with Crippen LogP contribution in [0.15, 0.2) is 96.1 Å². The second kappa shape index (κ2) is 10.5. The Morgan fingerprint density at radius 3 is 2.40 bits per heavy atom. The van der Waals surface area contributed by atoms with Crippen molar-refractivity contribution in [1.29, 1.82) is 0 Å². The molecule has 178 valence electrons. The number of carbonyl (C=O) groups is 1. The van der Waals surface area contributed by atoms with E-state index in [-0.39, 0.29) is 29.5 Å². The molecule has 0 aliphatic carbocycles. The number of oxazole rings is 1. The molecule has 0 radical (unpaired) electrons. The van der Waals surface area contributed by atoms with Crippen LogP contribution in [-0.2, 0) is 15.8 Å². The molecule has 1 amide bonds. The number of hydrogen-bond acceptors (Lipinski definition) is 5. The van der Waals surface area contributed by atoms with Crippen LogP contribution in [0.3, 0.4) is 0 Å². The molecule has 0 aliphatic rings. The van der Waals surface area contributed by atoms with Gasteiger partial charge in [0.15, 0.2) is 5.76 Å². The summed E-state index contributed by atoms with van der Waals surface area (Å²) in [5.41, 5.74) is 2.10. The Labute approximate surface area is 202 Å². The number of hydrogen-bond donors (Lipinski definition) is 2. The number of carbonyl (C=O) groups excluding carboxylic acids is 1. The Hall–Kier alpha value is -4.08. The first kappa shape index (κ1) is 24.1. The van der Waals surface area contributed by atoms with Gasteiger partial charge in [0, 0.05) is 17.8 Å². The smallest absolute Gasteiger partial charge is 0.256 e. The highest BCUT2D eigenvalue weighted by molar-refractivity contribution is 7.88. The zero-order chi connectivity index (χ0) is 24.8. The van der Waals surface area contributed by atoms with Crippen molar-refractivity contribution in [1.82, 2.24) is 9.71 Å². The predicted octanol–water partition coefficient (Wildman–Crippen LogP) is 5.01. The Balaban J connectivity index is 1.51. The summed E-state index contributed by atoms with van der Waals surface area (Å²) in [5.74, 6) is -0.594. The summed E-state index contributed by atoms with van der Waals surface area (Å²) in [5, 5.41) is 2.79. The third-order valence-electron chi connectivity index (χ3n) is 5.06. The molecule has 4 aromatic rings. The molecule has 0 atom stereocenters. The topological polar surface area (TPSA) is 101 Å². The van der Waals surface area contributed by atoms with Crippen LogP contribution in [0.25, 0.3) is 22.8 Å². The van der Waals surface area contributed by atoms with Crippen LogP contribution < -0.4 is 10.0 Å². The third-order valence-corrected chi connectivity index (χ3v) is 6.38. The van der Waals surface area contributed by atoms with Crippen molar-refractivity contribution in [3.05, 3.63) is 109 Å². The molecule has 1 heterocycles. The number of amides is 1. The average molecular weight is 492 g/mol. The average Bonchev–Trinajstić information content (AvgIpc) is 3.34. The lowest BCUT2D eigenvalue weighted by molar-refractivity contribution is 0.102. The molecular weight excluding hydrogens is 469 g/mol. The van der Waals surface area contributed by atoms with Gasteiger partial charge < -0.3 is 9.73 Å². The first-order valence-electron chi connectivity index (χ1n) is 10.6. The monoisotopic (exact) mass is 491 g/mol. The van der Waals surface area contributed by atoms with Crippen LogP contribution in [0.2, 0.25) is 0 Å². The van der Waals surface area contributed by atoms with Crippen LogP contribution in [0.1, 0.15) is 15.9 Å². The van der Waals surface area contributed by atoms with Crippen molar-refractivity contribution < 1.29 is 22.0 Å². The summed E-state index contributed by atoms with van der Waals surface area (Å²) in [6.45, 7) is 3.64. The first-order chi connectivity index (χ1) is 16.9. The molecule has 1 aromatic heterocycles. The van der Waals surface area contributed by atoms with Crippen LogP contribution in [-0.4, -0.2) is 25.9 Å². The largest absolute Gasteiger partial charge is 0.436 e. The summed E-state index contributed by atoms with van der Waals surface area (Å²) >= 11 is 0. The number of nitrogens with zero attached hydrogens (tertiary/aromatic N) is 1. The number of benzene rings is 3. The van der Waals surface area contributed by atoms with Crippen LogP contribution >= 0.6 is 0 Å². The van der Waals surface area contributed by atoms with E-state index in [0.29, 0.717) is 22.4 Å².